The van der Waals surface area contributed by atoms with Crippen molar-refractivity contribution in [2.45, 2.75) is 31.1 Å². The van der Waals surface area contributed by atoms with E-state index in [1.165, 1.54) is 0 Å². The van der Waals surface area contributed by atoms with Crippen molar-refractivity contribution >= 4 is 29.1 Å². The van der Waals surface area contributed by atoms with Crippen LogP contribution in [0.15, 0.2) is 60.7 Å². The quantitative estimate of drug-likeness (QED) is 0.293. The van der Waals surface area contributed by atoms with Crippen LogP contribution in [-0.4, -0.2) is 82.5 Å². The molecule has 0 spiro atoms. The number of nitrogens with zero attached hydrogens (tertiary/aromatic N) is 4. The van der Waals surface area contributed by atoms with Gasteiger partial charge in [0.15, 0.2) is 0 Å². The Bertz CT molecular complexity index is 1220. The molecular formula is C28H35Cl2N7O. The minimum Gasteiger partial charge on any atom is -0.323 e. The molecule has 202 valence electrons. The molecule has 38 heavy (non-hydrogen) atoms. The predicted molar refractivity (Wildman–Crippen MR) is 152 cm³/mol. The Labute approximate surface area is 234 Å². The minimum absolute atomic E-state index is 0.0692. The number of alkyl halides is 1. The van der Waals surface area contributed by atoms with Gasteiger partial charge in [-0.25, -0.2) is 4.68 Å². The van der Waals surface area contributed by atoms with Crippen molar-refractivity contribution in [3.8, 4) is 5.69 Å². The molecule has 0 bridgehead atoms. The first kappa shape index (κ1) is 27.1. The first-order chi connectivity index (χ1) is 18.4. The maximum Gasteiger partial charge on any atom is 0.237 e. The number of carbonyl (C=O) groups excluding carboxylic acids is 1. The van der Waals surface area contributed by atoms with Crippen LogP contribution in [0.3, 0.4) is 0 Å². The van der Waals surface area contributed by atoms with Crippen LogP contribution in [0.25, 0.3) is 5.69 Å². The van der Waals surface area contributed by atoms with E-state index in [0.29, 0.717) is 37.6 Å². The van der Waals surface area contributed by atoms with E-state index in [1.54, 1.807) is 0 Å². The molecule has 10 heteroatoms. The zero-order valence-electron chi connectivity index (χ0n) is 21.7. The molecule has 0 aliphatic carbocycles. The molecule has 8 nitrogen and oxygen atoms in total. The lowest BCUT2D eigenvalue weighted by molar-refractivity contribution is -0.141. The molecule has 2 atom stereocenters. The topological polar surface area (TPSA) is 77.5 Å². The molecule has 0 radical (unpaired) electrons. The van der Waals surface area contributed by atoms with Gasteiger partial charge in [0.25, 0.3) is 0 Å². The SMILES string of the molecule is Cc1cc(CNCC(=O)N2CCNCC2N2CCNCC2(Cl)Cc2ccc(Cl)cc2)nn1-c1ccccc1. The van der Waals surface area contributed by atoms with Crippen molar-refractivity contribution in [2.24, 2.45) is 0 Å². The highest BCUT2D eigenvalue weighted by molar-refractivity contribution is 6.30. The second-order valence-electron chi connectivity index (χ2n) is 9.99. The number of amides is 1. The van der Waals surface area contributed by atoms with Gasteiger partial charge in [-0.1, -0.05) is 41.9 Å². The molecule has 2 aliphatic heterocycles. The number of carbonyl (C=O) groups is 1. The van der Waals surface area contributed by atoms with Crippen molar-refractivity contribution in [2.75, 3.05) is 45.8 Å². The van der Waals surface area contributed by atoms with Gasteiger partial charge in [0.05, 0.1) is 24.1 Å². The molecule has 3 N–H and O–H groups in total. The van der Waals surface area contributed by atoms with E-state index >= 15 is 0 Å². The van der Waals surface area contributed by atoms with Crippen LogP contribution in [0.1, 0.15) is 17.0 Å². The van der Waals surface area contributed by atoms with Crippen LogP contribution in [0.4, 0.5) is 0 Å². The van der Waals surface area contributed by atoms with E-state index < -0.39 is 5.00 Å². The Morgan fingerprint density at radius 2 is 1.87 bits per heavy atom. The number of piperazine rings is 2. The van der Waals surface area contributed by atoms with Crippen molar-refractivity contribution in [1.82, 2.24) is 35.5 Å². The first-order valence-corrected chi connectivity index (χ1v) is 13.9. The largest absolute Gasteiger partial charge is 0.323 e. The molecule has 2 fully saturated rings. The number of rotatable bonds is 8. The highest BCUT2D eigenvalue weighted by Gasteiger charge is 2.44. The summed E-state index contributed by atoms with van der Waals surface area (Å²) in [5.74, 6) is 0.0692. The Kier molecular flexibility index (Phi) is 8.67. The molecule has 1 amide bonds. The Hall–Kier alpha value is -2.46. The number of hydrogen-bond donors (Lipinski definition) is 3. The lowest BCUT2D eigenvalue weighted by Crippen LogP contribution is -2.70. The average molecular weight is 557 g/mol. The molecule has 2 aromatic carbocycles. The van der Waals surface area contributed by atoms with Gasteiger partial charge >= 0.3 is 0 Å². The van der Waals surface area contributed by atoms with E-state index in [1.807, 2.05) is 71.1 Å². The minimum atomic E-state index is -0.649. The second-order valence-corrected chi connectivity index (χ2v) is 11.1. The predicted octanol–water partition coefficient (Wildman–Crippen LogP) is 2.76. The van der Waals surface area contributed by atoms with Gasteiger partial charge in [-0.05, 0) is 42.8 Å². The highest BCUT2D eigenvalue weighted by Crippen LogP contribution is 2.31. The number of para-hydroxylation sites is 1. The molecule has 2 unspecified atom stereocenters. The van der Waals surface area contributed by atoms with Gasteiger partial charge in [0, 0.05) is 63.0 Å². The van der Waals surface area contributed by atoms with Gasteiger partial charge in [-0.15, -0.1) is 11.6 Å². The summed E-state index contributed by atoms with van der Waals surface area (Å²) >= 11 is 13.4. The van der Waals surface area contributed by atoms with Crippen LogP contribution >= 0.6 is 23.2 Å². The summed E-state index contributed by atoms with van der Waals surface area (Å²) in [4.78, 5) is 17.1. The third kappa shape index (κ3) is 6.22. The van der Waals surface area contributed by atoms with Crippen molar-refractivity contribution in [1.29, 1.82) is 0 Å². The zero-order chi connectivity index (χ0) is 26.5. The summed E-state index contributed by atoms with van der Waals surface area (Å²) < 4.78 is 1.93. The number of aromatic nitrogens is 2. The van der Waals surface area contributed by atoms with Crippen LogP contribution in [-0.2, 0) is 17.8 Å². The van der Waals surface area contributed by atoms with Gasteiger partial charge in [-0.3, -0.25) is 9.69 Å². The molecule has 3 heterocycles. The molecule has 2 aliphatic rings. The lowest BCUT2D eigenvalue weighted by atomic mass is 10.0. The van der Waals surface area contributed by atoms with E-state index in [2.05, 4.69) is 26.9 Å². The van der Waals surface area contributed by atoms with Crippen LogP contribution < -0.4 is 16.0 Å². The fraction of sp³-hybridized carbons (Fsp3) is 0.429. The zero-order valence-corrected chi connectivity index (χ0v) is 23.2. The molecule has 1 aromatic heterocycles. The normalized spacial score (nSPS) is 22.5. The number of benzene rings is 2. The maximum atomic E-state index is 13.5. The van der Waals surface area contributed by atoms with Crippen LogP contribution in [0.2, 0.25) is 5.02 Å². The fourth-order valence-corrected chi connectivity index (χ4v) is 5.96. The van der Waals surface area contributed by atoms with E-state index in [4.69, 9.17) is 28.3 Å². The maximum absolute atomic E-state index is 13.5. The second kappa shape index (κ2) is 12.2. The standard InChI is InChI=1S/C28H35Cl2N7O/c1-21-15-24(34-37(21)25-5-3-2-4-6-25)17-33-19-27(38)35-13-11-31-18-26(35)36-14-12-32-20-28(36,30)16-22-7-9-23(29)10-8-22/h2-10,15,26,31-33H,11-14,16-20H2,1H3. The molecular weight excluding hydrogens is 521 g/mol. The highest BCUT2D eigenvalue weighted by atomic mass is 35.5. The third-order valence-corrected chi connectivity index (χ3v) is 7.98. The molecule has 5 rings (SSSR count). The number of nitrogens with one attached hydrogen (secondary N) is 3. The molecule has 2 saturated heterocycles. The average Bonchev–Trinajstić information content (AvgIpc) is 3.30. The Morgan fingerprint density at radius 3 is 2.66 bits per heavy atom. The summed E-state index contributed by atoms with van der Waals surface area (Å²) in [6.07, 6.45) is 0.531. The summed E-state index contributed by atoms with van der Waals surface area (Å²) in [7, 11) is 0. The lowest BCUT2D eigenvalue weighted by Gasteiger charge is -2.52. The Balaban J connectivity index is 1.23. The van der Waals surface area contributed by atoms with Gasteiger partial charge in [-0.2, -0.15) is 5.10 Å². The van der Waals surface area contributed by atoms with E-state index in [0.717, 1.165) is 42.3 Å². The number of aryl methyl sites for hydroxylation is 1. The summed E-state index contributed by atoms with van der Waals surface area (Å²) in [6, 6.07) is 19.9. The third-order valence-electron chi connectivity index (χ3n) is 7.25. The number of hydrogen-bond acceptors (Lipinski definition) is 6. The van der Waals surface area contributed by atoms with Crippen molar-refractivity contribution in [3.63, 3.8) is 0 Å². The Morgan fingerprint density at radius 1 is 1.11 bits per heavy atom. The first-order valence-electron chi connectivity index (χ1n) is 13.2. The molecule has 0 saturated carbocycles. The molecule has 3 aromatic rings. The summed E-state index contributed by atoms with van der Waals surface area (Å²) in [5, 5.41) is 15.7. The monoisotopic (exact) mass is 555 g/mol. The smallest absolute Gasteiger partial charge is 0.237 e. The van der Waals surface area contributed by atoms with Crippen LogP contribution in [0.5, 0.6) is 0 Å². The number of halogens is 2. The fourth-order valence-electron chi connectivity index (χ4n) is 5.39. The summed E-state index contributed by atoms with van der Waals surface area (Å²) in [6.45, 7) is 7.12. The van der Waals surface area contributed by atoms with Gasteiger partial charge < -0.3 is 20.9 Å². The van der Waals surface area contributed by atoms with Crippen LogP contribution in [0, 0.1) is 6.92 Å². The van der Waals surface area contributed by atoms with E-state index in [9.17, 15) is 4.79 Å². The van der Waals surface area contributed by atoms with Crippen molar-refractivity contribution < 1.29 is 4.79 Å². The van der Waals surface area contributed by atoms with Gasteiger partial charge in [0.1, 0.15) is 5.00 Å². The van der Waals surface area contributed by atoms with E-state index in [-0.39, 0.29) is 18.6 Å². The van der Waals surface area contributed by atoms with Gasteiger partial charge in [0.2, 0.25) is 5.91 Å². The van der Waals surface area contributed by atoms with Crippen molar-refractivity contribution in [3.05, 3.63) is 82.6 Å². The summed E-state index contributed by atoms with van der Waals surface area (Å²) in [5.41, 5.74) is 4.10.